The molecule has 0 radical (unpaired) electrons. The fraction of sp³-hybridized carbons (Fsp3) is 0. The molecule has 0 amide bonds. The van der Waals surface area contributed by atoms with Crippen LogP contribution in [0.5, 0.6) is 0 Å². The highest BCUT2D eigenvalue weighted by Gasteiger charge is 2.03. The molecule has 0 saturated carbocycles. The van der Waals surface area contributed by atoms with Gasteiger partial charge in [-0.3, -0.25) is 0 Å². The number of rotatable bonds is 2. The second-order valence-corrected chi connectivity index (χ2v) is 5.26. The van der Waals surface area contributed by atoms with E-state index in [1.165, 1.54) is 6.07 Å². The first-order valence-corrected chi connectivity index (χ1v) is 6.42. The number of anilines is 3. The van der Waals surface area contributed by atoms with E-state index in [9.17, 15) is 4.39 Å². The van der Waals surface area contributed by atoms with Crippen molar-refractivity contribution in [3.05, 3.63) is 51.2 Å². The minimum atomic E-state index is -0.292. The fourth-order valence-corrected chi connectivity index (χ4v) is 2.13. The van der Waals surface area contributed by atoms with Gasteiger partial charge >= 0.3 is 0 Å². The zero-order valence-electron chi connectivity index (χ0n) is 8.68. The molecular weight excluding hydrogens is 351 g/mol. The summed E-state index contributed by atoms with van der Waals surface area (Å²) in [5, 5.41) is 3.12. The van der Waals surface area contributed by atoms with Gasteiger partial charge in [-0.2, -0.15) is 0 Å². The Labute approximate surface area is 115 Å². The van der Waals surface area contributed by atoms with E-state index in [4.69, 9.17) is 5.73 Å². The summed E-state index contributed by atoms with van der Waals surface area (Å²) in [7, 11) is 0. The van der Waals surface area contributed by atoms with Crippen LogP contribution in [0.25, 0.3) is 0 Å². The van der Waals surface area contributed by atoms with E-state index in [0.29, 0.717) is 10.2 Å². The van der Waals surface area contributed by atoms with Crippen LogP contribution in [-0.2, 0) is 0 Å². The van der Waals surface area contributed by atoms with E-state index in [1.54, 1.807) is 18.2 Å². The lowest BCUT2D eigenvalue weighted by atomic mass is 10.2. The summed E-state index contributed by atoms with van der Waals surface area (Å²) in [6, 6.07) is 10.3. The average Bonchev–Trinajstić information content (AvgIpc) is 2.27. The van der Waals surface area contributed by atoms with Crippen molar-refractivity contribution in [2.24, 2.45) is 0 Å². The Morgan fingerprint density at radius 3 is 2.47 bits per heavy atom. The molecule has 5 heteroatoms. The largest absolute Gasteiger partial charge is 0.397 e. The van der Waals surface area contributed by atoms with E-state index >= 15 is 0 Å². The van der Waals surface area contributed by atoms with Crippen molar-refractivity contribution in [3.63, 3.8) is 0 Å². The summed E-state index contributed by atoms with van der Waals surface area (Å²) in [4.78, 5) is 0. The molecule has 2 aromatic carbocycles. The summed E-state index contributed by atoms with van der Waals surface area (Å²) in [6.07, 6.45) is 0. The molecule has 0 spiro atoms. The number of hydrogen-bond acceptors (Lipinski definition) is 2. The molecule has 0 aliphatic rings. The van der Waals surface area contributed by atoms with Crippen LogP contribution in [0, 0.1) is 5.82 Å². The van der Waals surface area contributed by atoms with Gasteiger partial charge in [-0.25, -0.2) is 4.39 Å². The lowest BCUT2D eigenvalue weighted by Crippen LogP contribution is -1.96. The van der Waals surface area contributed by atoms with E-state index < -0.39 is 0 Å². The van der Waals surface area contributed by atoms with Crippen LogP contribution in [0.3, 0.4) is 0 Å². The van der Waals surface area contributed by atoms with Gasteiger partial charge in [0.15, 0.2) is 0 Å². The van der Waals surface area contributed by atoms with Crippen LogP contribution in [-0.4, -0.2) is 0 Å². The Kier molecular flexibility index (Phi) is 3.69. The Morgan fingerprint density at radius 1 is 1.06 bits per heavy atom. The third kappa shape index (κ3) is 2.98. The molecule has 0 saturated heterocycles. The summed E-state index contributed by atoms with van der Waals surface area (Å²) in [5.41, 5.74) is 8.04. The Hall–Kier alpha value is -1.07. The van der Waals surface area contributed by atoms with Crippen LogP contribution < -0.4 is 11.1 Å². The standard InChI is InChI=1S/C12H9Br2FN2/c13-7-1-4-12(11(16)5-7)17-8-2-3-10(15)9(14)6-8/h1-6,17H,16H2. The number of nitrogens with two attached hydrogens (primary N) is 1. The first-order valence-electron chi connectivity index (χ1n) is 4.83. The normalized spacial score (nSPS) is 10.3. The number of nitrogen functional groups attached to an aromatic ring is 1. The van der Waals surface area contributed by atoms with Crippen molar-refractivity contribution in [3.8, 4) is 0 Å². The molecular formula is C12H9Br2FN2. The molecule has 0 aromatic heterocycles. The van der Waals surface area contributed by atoms with Crippen LogP contribution in [0.1, 0.15) is 0 Å². The third-order valence-electron chi connectivity index (χ3n) is 2.21. The van der Waals surface area contributed by atoms with E-state index in [-0.39, 0.29) is 5.82 Å². The topological polar surface area (TPSA) is 38.0 Å². The molecule has 0 aliphatic heterocycles. The highest BCUT2D eigenvalue weighted by molar-refractivity contribution is 9.10. The quantitative estimate of drug-likeness (QED) is 0.764. The maximum atomic E-state index is 13.1. The predicted molar refractivity (Wildman–Crippen MR) is 75.9 cm³/mol. The smallest absolute Gasteiger partial charge is 0.137 e. The summed E-state index contributed by atoms with van der Waals surface area (Å²) >= 11 is 6.47. The highest BCUT2D eigenvalue weighted by Crippen LogP contribution is 2.28. The lowest BCUT2D eigenvalue weighted by molar-refractivity contribution is 0.621. The molecule has 0 bridgehead atoms. The van der Waals surface area contributed by atoms with Crippen molar-refractivity contribution in [1.29, 1.82) is 0 Å². The van der Waals surface area contributed by atoms with E-state index in [2.05, 4.69) is 37.2 Å². The Morgan fingerprint density at radius 2 is 1.82 bits per heavy atom. The monoisotopic (exact) mass is 358 g/mol. The second kappa shape index (κ2) is 5.06. The molecule has 0 unspecified atom stereocenters. The van der Waals surface area contributed by atoms with Gasteiger partial charge in [0.2, 0.25) is 0 Å². The summed E-state index contributed by atoms with van der Waals surface area (Å²) in [6.45, 7) is 0. The molecule has 17 heavy (non-hydrogen) atoms. The van der Waals surface area contributed by atoms with Crippen molar-refractivity contribution < 1.29 is 4.39 Å². The molecule has 2 nitrogen and oxygen atoms in total. The Balaban J connectivity index is 2.28. The van der Waals surface area contributed by atoms with Gasteiger partial charge < -0.3 is 11.1 Å². The van der Waals surface area contributed by atoms with Gasteiger partial charge in [0.1, 0.15) is 5.82 Å². The molecule has 2 aromatic rings. The SMILES string of the molecule is Nc1cc(Br)ccc1Nc1ccc(F)c(Br)c1. The number of hydrogen-bond donors (Lipinski definition) is 2. The maximum Gasteiger partial charge on any atom is 0.137 e. The van der Waals surface area contributed by atoms with Crippen molar-refractivity contribution >= 4 is 48.9 Å². The average molecular weight is 360 g/mol. The van der Waals surface area contributed by atoms with Crippen molar-refractivity contribution in [2.75, 3.05) is 11.1 Å². The van der Waals surface area contributed by atoms with Gasteiger partial charge in [-0.1, -0.05) is 15.9 Å². The number of nitrogens with one attached hydrogen (secondary N) is 1. The number of benzene rings is 2. The molecule has 88 valence electrons. The molecule has 0 atom stereocenters. The summed E-state index contributed by atoms with van der Waals surface area (Å²) < 4.78 is 14.4. The van der Waals surface area contributed by atoms with Crippen LogP contribution in [0.15, 0.2) is 45.3 Å². The number of halogens is 3. The molecule has 0 fully saturated rings. The van der Waals surface area contributed by atoms with Crippen LogP contribution >= 0.6 is 31.9 Å². The summed E-state index contributed by atoms with van der Waals surface area (Å²) in [5.74, 6) is -0.292. The molecule has 3 N–H and O–H groups in total. The lowest BCUT2D eigenvalue weighted by Gasteiger charge is -2.10. The first kappa shape index (κ1) is 12.4. The Bertz CT molecular complexity index is 558. The van der Waals surface area contributed by atoms with Gasteiger partial charge in [-0.15, -0.1) is 0 Å². The van der Waals surface area contributed by atoms with E-state index in [1.807, 2.05) is 12.1 Å². The first-order chi connectivity index (χ1) is 8.06. The minimum Gasteiger partial charge on any atom is -0.397 e. The van der Waals surface area contributed by atoms with Gasteiger partial charge in [-0.05, 0) is 52.3 Å². The highest BCUT2D eigenvalue weighted by atomic mass is 79.9. The van der Waals surface area contributed by atoms with Gasteiger partial charge in [0.25, 0.3) is 0 Å². The second-order valence-electron chi connectivity index (χ2n) is 3.49. The van der Waals surface area contributed by atoms with Crippen LogP contribution in [0.2, 0.25) is 0 Å². The molecule has 0 aliphatic carbocycles. The zero-order chi connectivity index (χ0) is 12.4. The predicted octanol–water partition coefficient (Wildman–Crippen LogP) is 4.68. The van der Waals surface area contributed by atoms with Crippen LogP contribution in [0.4, 0.5) is 21.5 Å². The molecule has 2 rings (SSSR count). The van der Waals surface area contributed by atoms with Crippen molar-refractivity contribution in [1.82, 2.24) is 0 Å². The van der Waals surface area contributed by atoms with E-state index in [0.717, 1.165) is 15.8 Å². The van der Waals surface area contributed by atoms with Gasteiger partial charge in [0, 0.05) is 10.2 Å². The van der Waals surface area contributed by atoms with Gasteiger partial charge in [0.05, 0.1) is 15.8 Å². The maximum absolute atomic E-state index is 13.1. The fourth-order valence-electron chi connectivity index (χ4n) is 1.38. The third-order valence-corrected chi connectivity index (χ3v) is 3.31. The van der Waals surface area contributed by atoms with Crippen molar-refractivity contribution in [2.45, 2.75) is 0 Å². The molecule has 0 heterocycles. The minimum absolute atomic E-state index is 0.292. The zero-order valence-corrected chi connectivity index (χ0v) is 11.8.